The number of nitrogens with zero attached hydrogens (tertiary/aromatic N) is 4. The summed E-state index contributed by atoms with van der Waals surface area (Å²) in [5, 5.41) is 12.1. The summed E-state index contributed by atoms with van der Waals surface area (Å²) >= 11 is 0. The third-order valence-electron chi connectivity index (χ3n) is 17.8. The van der Waals surface area contributed by atoms with Crippen molar-refractivity contribution < 1.29 is 0 Å². The normalized spacial score (nSPS) is 11.6. The molecule has 0 amide bonds. The minimum absolute atomic E-state index is 1.08. The van der Waals surface area contributed by atoms with Crippen LogP contribution < -0.4 is 9.80 Å². The lowest BCUT2D eigenvalue weighted by atomic mass is 9.95. The highest BCUT2D eigenvalue weighted by Crippen LogP contribution is 2.46. The van der Waals surface area contributed by atoms with Crippen molar-refractivity contribution in [2.45, 2.75) is 0 Å². The maximum Gasteiger partial charge on any atom is 0.0547 e. The smallest absolute Gasteiger partial charge is 0.0547 e. The Hall–Kier alpha value is -11.7. The van der Waals surface area contributed by atoms with Gasteiger partial charge in [-0.15, -0.1) is 0 Å². The zero-order valence-electron chi connectivity index (χ0n) is 48.1. The van der Waals surface area contributed by atoms with Crippen LogP contribution in [0.1, 0.15) is 0 Å². The second kappa shape index (κ2) is 21.1. The predicted octanol–water partition coefficient (Wildman–Crippen LogP) is 23.3. The molecule has 17 rings (SSSR count). The summed E-state index contributed by atoms with van der Waals surface area (Å²) in [5.41, 5.74) is 20.7. The van der Waals surface area contributed by atoms with Crippen LogP contribution in [0.25, 0.3) is 121 Å². The van der Waals surface area contributed by atoms with Crippen molar-refractivity contribution in [1.82, 2.24) is 9.13 Å². The van der Waals surface area contributed by atoms with Gasteiger partial charge in [0.1, 0.15) is 0 Å². The van der Waals surface area contributed by atoms with Crippen LogP contribution in [0, 0.1) is 0 Å². The Morgan fingerprint density at radius 1 is 0.205 bits per heavy atom. The Morgan fingerprint density at radius 3 is 1.27 bits per heavy atom. The van der Waals surface area contributed by atoms with E-state index in [4.69, 9.17) is 0 Å². The largest absolute Gasteiger partial charge is 0.310 e. The van der Waals surface area contributed by atoms with Crippen LogP contribution in [0.2, 0.25) is 0 Å². The summed E-state index contributed by atoms with van der Waals surface area (Å²) < 4.78 is 4.82. The van der Waals surface area contributed by atoms with E-state index in [-0.39, 0.29) is 0 Å². The molecule has 0 unspecified atom stereocenters. The van der Waals surface area contributed by atoms with Gasteiger partial charge in [-0.25, -0.2) is 0 Å². The van der Waals surface area contributed by atoms with Crippen molar-refractivity contribution in [2.75, 3.05) is 9.80 Å². The minimum Gasteiger partial charge on any atom is -0.310 e. The molecule has 0 radical (unpaired) electrons. The van der Waals surface area contributed by atoms with Crippen molar-refractivity contribution in [3.8, 4) is 44.8 Å². The second-order valence-corrected chi connectivity index (χ2v) is 22.9. The fraction of sp³-hybridized carbons (Fsp3) is 0. The zero-order valence-corrected chi connectivity index (χ0v) is 48.1. The SMILES string of the molecule is c1ccc(N(c2ccc3cc(-n4c5ccccc5c5c(-c6cc(N(c7ccccc7)c7ccc(-c8ccc(-c9ccc(-n%10c%11ccccc%11c%11ccccc%11%10)cc9)cc8)cc7)c7ccccc7c6)cccc54)ccc3c2)c2cccc3ccccc23)cc1. The molecule has 0 aliphatic heterocycles. The molecule has 0 saturated heterocycles. The molecule has 0 aliphatic rings. The molecular weight excluding hydrogens is 1060 g/mol. The van der Waals surface area contributed by atoms with Gasteiger partial charge in [0, 0.05) is 66.4 Å². The van der Waals surface area contributed by atoms with E-state index in [1.165, 1.54) is 92.7 Å². The van der Waals surface area contributed by atoms with E-state index in [1.54, 1.807) is 0 Å². The Kier molecular flexibility index (Phi) is 12.2. The average molecular weight is 1120 g/mol. The minimum atomic E-state index is 1.08. The number of hydrogen-bond donors (Lipinski definition) is 0. The van der Waals surface area contributed by atoms with Gasteiger partial charge in [-0.1, -0.05) is 224 Å². The summed E-state index contributed by atoms with van der Waals surface area (Å²) in [6, 6.07) is 124. The van der Waals surface area contributed by atoms with Gasteiger partial charge in [-0.2, -0.15) is 0 Å². The molecule has 88 heavy (non-hydrogen) atoms. The number of anilines is 6. The predicted molar refractivity (Wildman–Crippen MR) is 373 cm³/mol. The summed E-state index contributed by atoms with van der Waals surface area (Å²) in [5.74, 6) is 0. The van der Waals surface area contributed by atoms with Crippen LogP contribution in [0.15, 0.2) is 340 Å². The summed E-state index contributed by atoms with van der Waals surface area (Å²) in [7, 11) is 0. The average Bonchev–Trinajstić information content (AvgIpc) is 1.82. The van der Waals surface area contributed by atoms with Crippen LogP contribution in [0.3, 0.4) is 0 Å². The van der Waals surface area contributed by atoms with Crippen molar-refractivity contribution in [2.24, 2.45) is 0 Å². The van der Waals surface area contributed by atoms with Crippen LogP contribution in [-0.2, 0) is 0 Å². The fourth-order valence-electron chi connectivity index (χ4n) is 13.7. The first-order chi connectivity index (χ1) is 43.6. The number of rotatable bonds is 11. The van der Waals surface area contributed by atoms with Gasteiger partial charge in [-0.3, -0.25) is 0 Å². The van der Waals surface area contributed by atoms with Crippen LogP contribution in [0.5, 0.6) is 0 Å². The van der Waals surface area contributed by atoms with Crippen LogP contribution in [-0.4, -0.2) is 9.13 Å². The number of hydrogen-bond acceptors (Lipinski definition) is 2. The lowest BCUT2D eigenvalue weighted by Crippen LogP contribution is -2.10. The lowest BCUT2D eigenvalue weighted by Gasteiger charge is -2.28. The van der Waals surface area contributed by atoms with E-state index >= 15 is 0 Å². The van der Waals surface area contributed by atoms with Gasteiger partial charge in [0.2, 0.25) is 0 Å². The first kappa shape index (κ1) is 50.8. The zero-order chi connectivity index (χ0) is 58.1. The van der Waals surface area contributed by atoms with Gasteiger partial charge in [0.25, 0.3) is 0 Å². The summed E-state index contributed by atoms with van der Waals surface area (Å²) in [6.45, 7) is 0. The molecule has 2 aromatic heterocycles. The molecular formula is C84H56N4. The summed E-state index contributed by atoms with van der Waals surface area (Å²) in [4.78, 5) is 4.80. The molecule has 15 aromatic carbocycles. The lowest BCUT2D eigenvalue weighted by molar-refractivity contribution is 1.18. The van der Waals surface area contributed by atoms with Gasteiger partial charge in [0.05, 0.1) is 33.4 Å². The Balaban J connectivity index is 0.718. The molecule has 0 N–H and O–H groups in total. The molecule has 2 heterocycles. The number of aromatic nitrogens is 2. The van der Waals surface area contributed by atoms with Gasteiger partial charge in [-0.05, 0) is 170 Å². The van der Waals surface area contributed by atoms with Crippen LogP contribution in [0.4, 0.5) is 34.1 Å². The number of benzene rings is 15. The number of para-hydroxylation sites is 5. The Morgan fingerprint density at radius 2 is 0.625 bits per heavy atom. The van der Waals surface area contributed by atoms with E-state index in [0.29, 0.717) is 0 Å². The van der Waals surface area contributed by atoms with E-state index in [9.17, 15) is 0 Å². The maximum atomic E-state index is 2.45. The van der Waals surface area contributed by atoms with Crippen molar-refractivity contribution in [1.29, 1.82) is 0 Å². The van der Waals surface area contributed by atoms with Gasteiger partial charge in [0.15, 0.2) is 0 Å². The fourth-order valence-corrected chi connectivity index (χ4v) is 13.7. The molecule has 0 aliphatic carbocycles. The highest BCUT2D eigenvalue weighted by atomic mass is 15.1. The molecule has 0 fully saturated rings. The number of fused-ring (bicyclic) bond motifs is 9. The highest BCUT2D eigenvalue weighted by molar-refractivity contribution is 6.17. The van der Waals surface area contributed by atoms with Crippen molar-refractivity contribution in [3.05, 3.63) is 340 Å². The molecule has 0 spiro atoms. The third kappa shape index (κ3) is 8.61. The molecule has 0 atom stereocenters. The molecule has 4 heteroatoms. The van der Waals surface area contributed by atoms with Gasteiger partial charge < -0.3 is 18.9 Å². The molecule has 0 bridgehead atoms. The summed E-state index contributed by atoms with van der Waals surface area (Å²) in [6.07, 6.45) is 0. The standard InChI is InChI=1S/C84H56N4/c1-3-22-66(23-4-1)85(68-47-41-59(42-48-68)57-37-39-58(40-38-57)60-43-49-69(50-44-60)87-79-32-14-11-28-75(79)76-29-12-15-33-80(76)87)83-56-65(53-64-20-8-10-27-73(64)83)74-31-18-36-82-84(74)77-30-13-16-34-81(77)88(82)71-52-46-62-54-70(51-45-63(62)55-71)86(67-24-5-2-6-25-67)78-35-17-21-61-19-7-9-26-72(61)78/h1-56H. The maximum absolute atomic E-state index is 2.45. The van der Waals surface area contributed by atoms with Gasteiger partial charge >= 0.3 is 0 Å². The van der Waals surface area contributed by atoms with E-state index in [1.807, 2.05) is 0 Å². The Bertz CT molecular complexity index is 5430. The van der Waals surface area contributed by atoms with E-state index < -0.39 is 0 Å². The first-order valence-electron chi connectivity index (χ1n) is 30.2. The molecule has 0 saturated carbocycles. The Labute approximate surface area is 510 Å². The molecule has 4 nitrogen and oxygen atoms in total. The quantitative estimate of drug-likeness (QED) is 0.128. The third-order valence-corrected chi connectivity index (χ3v) is 17.8. The van der Waals surface area contributed by atoms with E-state index in [2.05, 4.69) is 359 Å². The van der Waals surface area contributed by atoms with Crippen molar-refractivity contribution in [3.63, 3.8) is 0 Å². The highest BCUT2D eigenvalue weighted by Gasteiger charge is 2.22. The first-order valence-corrected chi connectivity index (χ1v) is 30.2. The van der Waals surface area contributed by atoms with Crippen molar-refractivity contribution >= 4 is 110 Å². The van der Waals surface area contributed by atoms with E-state index in [0.717, 1.165) is 62.1 Å². The second-order valence-electron chi connectivity index (χ2n) is 22.9. The topological polar surface area (TPSA) is 16.3 Å². The molecule has 412 valence electrons. The van der Waals surface area contributed by atoms with Crippen LogP contribution >= 0.6 is 0 Å². The molecule has 17 aromatic rings. The monoisotopic (exact) mass is 1120 g/mol.